The number of nitrogen functional groups attached to an aromatic ring is 1. The molecule has 1 heterocycles. The Morgan fingerprint density at radius 1 is 1.18 bits per heavy atom. The van der Waals surface area contributed by atoms with Gasteiger partial charge in [-0.15, -0.1) is 0 Å². The Bertz CT molecular complexity index is 479. The maximum absolute atomic E-state index is 5.63. The van der Waals surface area contributed by atoms with Crippen LogP contribution in [-0.4, -0.2) is 16.5 Å². The standard InChI is InChI=1S/C13H16N4/c1-10-8-13(17-9-16-10)15-7-6-11-2-4-12(14)5-3-11/h2-5,8-9H,6-7,14H2,1H3,(H,15,16,17). The predicted octanol–water partition coefficient (Wildman–Crippen LogP) is 2.02. The summed E-state index contributed by atoms with van der Waals surface area (Å²) >= 11 is 0. The summed E-state index contributed by atoms with van der Waals surface area (Å²) in [5.41, 5.74) is 8.66. The van der Waals surface area contributed by atoms with Crippen LogP contribution in [-0.2, 0) is 6.42 Å². The molecule has 3 N–H and O–H groups in total. The fourth-order valence-electron chi connectivity index (χ4n) is 1.57. The van der Waals surface area contributed by atoms with Crippen LogP contribution in [0.25, 0.3) is 0 Å². The molecule has 0 saturated heterocycles. The average molecular weight is 228 g/mol. The lowest BCUT2D eigenvalue weighted by atomic mass is 10.1. The molecule has 17 heavy (non-hydrogen) atoms. The second kappa shape index (κ2) is 5.30. The molecule has 2 rings (SSSR count). The normalized spacial score (nSPS) is 10.2. The van der Waals surface area contributed by atoms with Gasteiger partial charge in [0.05, 0.1) is 0 Å². The van der Waals surface area contributed by atoms with Crippen molar-refractivity contribution < 1.29 is 0 Å². The van der Waals surface area contributed by atoms with Crippen LogP contribution in [0.1, 0.15) is 11.3 Å². The van der Waals surface area contributed by atoms with Gasteiger partial charge < -0.3 is 11.1 Å². The molecule has 0 radical (unpaired) electrons. The van der Waals surface area contributed by atoms with E-state index in [0.29, 0.717) is 0 Å². The molecule has 4 nitrogen and oxygen atoms in total. The number of hydrogen-bond donors (Lipinski definition) is 2. The minimum Gasteiger partial charge on any atom is -0.399 e. The van der Waals surface area contributed by atoms with Crippen molar-refractivity contribution in [2.45, 2.75) is 13.3 Å². The second-order valence-corrected chi connectivity index (χ2v) is 3.96. The zero-order valence-corrected chi connectivity index (χ0v) is 9.85. The van der Waals surface area contributed by atoms with E-state index in [2.05, 4.69) is 15.3 Å². The van der Waals surface area contributed by atoms with E-state index in [0.717, 1.165) is 30.2 Å². The second-order valence-electron chi connectivity index (χ2n) is 3.96. The van der Waals surface area contributed by atoms with Crippen molar-refractivity contribution in [3.63, 3.8) is 0 Å². The molecular weight excluding hydrogens is 212 g/mol. The molecule has 0 aliphatic carbocycles. The zero-order chi connectivity index (χ0) is 12.1. The van der Waals surface area contributed by atoms with Crippen molar-refractivity contribution in [3.8, 4) is 0 Å². The minimum atomic E-state index is 0.799. The summed E-state index contributed by atoms with van der Waals surface area (Å²) in [5, 5.41) is 3.27. The lowest BCUT2D eigenvalue weighted by Gasteiger charge is -2.06. The van der Waals surface area contributed by atoms with E-state index in [-0.39, 0.29) is 0 Å². The van der Waals surface area contributed by atoms with E-state index in [1.807, 2.05) is 37.3 Å². The molecule has 0 fully saturated rings. The Kier molecular flexibility index (Phi) is 3.55. The summed E-state index contributed by atoms with van der Waals surface area (Å²) in [6.45, 7) is 2.80. The molecule has 0 bridgehead atoms. The highest BCUT2D eigenvalue weighted by Crippen LogP contribution is 2.07. The molecule has 4 heteroatoms. The van der Waals surface area contributed by atoms with Crippen molar-refractivity contribution in [1.82, 2.24) is 9.97 Å². The monoisotopic (exact) mass is 228 g/mol. The van der Waals surface area contributed by atoms with Gasteiger partial charge >= 0.3 is 0 Å². The Balaban J connectivity index is 1.85. The summed E-state index contributed by atoms with van der Waals surface area (Å²) in [5.74, 6) is 0.868. The first-order chi connectivity index (χ1) is 8.24. The maximum Gasteiger partial charge on any atom is 0.129 e. The van der Waals surface area contributed by atoms with Crippen molar-refractivity contribution in [3.05, 3.63) is 47.9 Å². The van der Waals surface area contributed by atoms with E-state index >= 15 is 0 Å². The fraction of sp³-hybridized carbons (Fsp3) is 0.231. The van der Waals surface area contributed by atoms with Gasteiger partial charge in [-0.1, -0.05) is 12.1 Å². The van der Waals surface area contributed by atoms with Gasteiger partial charge in [0, 0.05) is 24.0 Å². The summed E-state index contributed by atoms with van der Waals surface area (Å²) < 4.78 is 0. The third-order valence-electron chi connectivity index (χ3n) is 2.50. The van der Waals surface area contributed by atoms with Crippen LogP contribution in [0.3, 0.4) is 0 Å². The number of rotatable bonds is 4. The molecule has 88 valence electrons. The van der Waals surface area contributed by atoms with Crippen molar-refractivity contribution in [2.24, 2.45) is 0 Å². The Morgan fingerprint density at radius 3 is 2.65 bits per heavy atom. The summed E-state index contributed by atoms with van der Waals surface area (Å²) in [6.07, 6.45) is 2.52. The van der Waals surface area contributed by atoms with Gasteiger partial charge in [-0.2, -0.15) is 0 Å². The summed E-state index contributed by atoms with van der Waals surface area (Å²) in [6, 6.07) is 9.86. The van der Waals surface area contributed by atoms with Gasteiger partial charge in [-0.3, -0.25) is 0 Å². The highest BCUT2D eigenvalue weighted by molar-refractivity contribution is 5.40. The highest BCUT2D eigenvalue weighted by atomic mass is 15.0. The van der Waals surface area contributed by atoms with Gasteiger partial charge in [0.2, 0.25) is 0 Å². The molecule has 0 aliphatic rings. The van der Waals surface area contributed by atoms with Gasteiger partial charge in [0.25, 0.3) is 0 Å². The van der Waals surface area contributed by atoms with Gasteiger partial charge in [0.15, 0.2) is 0 Å². The lowest BCUT2D eigenvalue weighted by molar-refractivity contribution is 0.993. The lowest BCUT2D eigenvalue weighted by Crippen LogP contribution is -2.06. The first kappa shape index (κ1) is 11.4. The van der Waals surface area contributed by atoms with Crippen LogP contribution in [0.5, 0.6) is 0 Å². The smallest absolute Gasteiger partial charge is 0.129 e. The van der Waals surface area contributed by atoms with Gasteiger partial charge in [-0.05, 0) is 31.0 Å². The number of benzene rings is 1. The van der Waals surface area contributed by atoms with Crippen molar-refractivity contribution in [1.29, 1.82) is 0 Å². The number of hydrogen-bond acceptors (Lipinski definition) is 4. The van der Waals surface area contributed by atoms with Crippen LogP contribution >= 0.6 is 0 Å². The largest absolute Gasteiger partial charge is 0.399 e. The number of nitrogens with two attached hydrogens (primary N) is 1. The van der Waals surface area contributed by atoms with Crippen LogP contribution in [0.15, 0.2) is 36.7 Å². The third kappa shape index (κ3) is 3.45. The molecule has 2 aromatic rings. The summed E-state index contributed by atoms with van der Waals surface area (Å²) in [4.78, 5) is 8.19. The third-order valence-corrected chi connectivity index (χ3v) is 2.50. The van der Waals surface area contributed by atoms with E-state index in [9.17, 15) is 0 Å². The summed E-state index contributed by atoms with van der Waals surface area (Å²) in [7, 11) is 0. The van der Waals surface area contributed by atoms with Gasteiger partial charge in [0.1, 0.15) is 12.1 Å². The van der Waals surface area contributed by atoms with E-state index in [1.54, 1.807) is 6.33 Å². The van der Waals surface area contributed by atoms with Gasteiger partial charge in [-0.25, -0.2) is 9.97 Å². The number of aromatic nitrogens is 2. The van der Waals surface area contributed by atoms with Crippen LogP contribution < -0.4 is 11.1 Å². The zero-order valence-electron chi connectivity index (χ0n) is 9.85. The SMILES string of the molecule is Cc1cc(NCCc2ccc(N)cc2)ncn1. The molecule has 0 saturated carbocycles. The fourth-order valence-corrected chi connectivity index (χ4v) is 1.57. The number of aryl methyl sites for hydroxylation is 1. The highest BCUT2D eigenvalue weighted by Gasteiger charge is 1.96. The number of anilines is 2. The van der Waals surface area contributed by atoms with E-state index in [4.69, 9.17) is 5.73 Å². The number of nitrogens with one attached hydrogen (secondary N) is 1. The maximum atomic E-state index is 5.63. The minimum absolute atomic E-state index is 0.799. The first-order valence-electron chi connectivity index (χ1n) is 5.61. The van der Waals surface area contributed by atoms with Crippen molar-refractivity contribution in [2.75, 3.05) is 17.6 Å². The molecule has 1 aromatic heterocycles. The molecule has 0 unspecified atom stereocenters. The molecule has 0 spiro atoms. The average Bonchev–Trinajstić information content (AvgIpc) is 2.32. The van der Waals surface area contributed by atoms with E-state index < -0.39 is 0 Å². The molecular formula is C13H16N4. The van der Waals surface area contributed by atoms with Crippen molar-refractivity contribution >= 4 is 11.5 Å². The molecule has 1 aromatic carbocycles. The van der Waals surface area contributed by atoms with Crippen LogP contribution in [0, 0.1) is 6.92 Å². The Morgan fingerprint density at radius 2 is 1.94 bits per heavy atom. The Labute approximate surface area is 101 Å². The predicted molar refractivity (Wildman–Crippen MR) is 69.8 cm³/mol. The topological polar surface area (TPSA) is 63.8 Å². The van der Waals surface area contributed by atoms with Crippen LogP contribution in [0.2, 0.25) is 0 Å². The number of nitrogens with zero attached hydrogens (tertiary/aromatic N) is 2. The Hall–Kier alpha value is -2.10. The first-order valence-corrected chi connectivity index (χ1v) is 5.61. The van der Waals surface area contributed by atoms with E-state index in [1.165, 1.54) is 5.56 Å². The molecule has 0 aliphatic heterocycles. The van der Waals surface area contributed by atoms with Crippen LogP contribution in [0.4, 0.5) is 11.5 Å². The quantitative estimate of drug-likeness (QED) is 0.786. The molecule has 0 amide bonds. The molecule has 0 atom stereocenters.